The molecule has 2 aliphatic rings. The molecule has 7 nitrogen and oxygen atoms in total. The SMILES string of the molecule is O=C1NC(=O)[C@]2(C[C@H](COCc3ccccc3)C(O)C2O)N1. The zero-order valence-corrected chi connectivity index (χ0v) is 11.9. The van der Waals surface area contributed by atoms with Gasteiger partial charge in [0.2, 0.25) is 0 Å². The van der Waals surface area contributed by atoms with E-state index in [2.05, 4.69) is 10.6 Å². The molecule has 22 heavy (non-hydrogen) atoms. The predicted octanol–water partition coefficient (Wildman–Crippen LogP) is -0.477. The highest BCUT2D eigenvalue weighted by Gasteiger charge is 2.61. The van der Waals surface area contributed by atoms with E-state index >= 15 is 0 Å². The maximum absolute atomic E-state index is 11.9. The highest BCUT2D eigenvalue weighted by Crippen LogP contribution is 2.37. The average Bonchev–Trinajstić information content (AvgIpc) is 2.92. The van der Waals surface area contributed by atoms with Crippen LogP contribution in [0.5, 0.6) is 0 Å². The number of ether oxygens (including phenoxy) is 1. The van der Waals surface area contributed by atoms with Gasteiger partial charge in [-0.2, -0.15) is 0 Å². The van der Waals surface area contributed by atoms with Crippen LogP contribution < -0.4 is 10.6 Å². The summed E-state index contributed by atoms with van der Waals surface area (Å²) in [5, 5.41) is 24.8. The molecule has 4 atom stereocenters. The number of benzene rings is 1. The van der Waals surface area contributed by atoms with E-state index < -0.39 is 35.6 Å². The largest absolute Gasteiger partial charge is 0.390 e. The molecule has 1 heterocycles. The van der Waals surface area contributed by atoms with Gasteiger partial charge in [0.1, 0.15) is 11.6 Å². The molecule has 1 aromatic rings. The van der Waals surface area contributed by atoms with Gasteiger partial charge in [0, 0.05) is 5.92 Å². The summed E-state index contributed by atoms with van der Waals surface area (Å²) in [6, 6.07) is 8.91. The van der Waals surface area contributed by atoms with Crippen LogP contribution in [0.15, 0.2) is 30.3 Å². The number of rotatable bonds is 4. The van der Waals surface area contributed by atoms with Gasteiger partial charge in [-0.15, -0.1) is 0 Å². The lowest BCUT2D eigenvalue weighted by molar-refractivity contribution is -0.128. The fourth-order valence-corrected chi connectivity index (χ4v) is 3.12. The number of aliphatic hydroxyl groups excluding tert-OH is 2. The van der Waals surface area contributed by atoms with Crippen LogP contribution in [0.3, 0.4) is 0 Å². The maximum Gasteiger partial charge on any atom is 0.322 e. The summed E-state index contributed by atoms with van der Waals surface area (Å²) >= 11 is 0. The fourth-order valence-electron chi connectivity index (χ4n) is 3.12. The molecule has 3 amide bonds. The Balaban J connectivity index is 1.61. The minimum Gasteiger partial charge on any atom is -0.390 e. The van der Waals surface area contributed by atoms with Crippen molar-refractivity contribution in [2.24, 2.45) is 5.92 Å². The van der Waals surface area contributed by atoms with Gasteiger partial charge in [0.05, 0.1) is 19.3 Å². The first-order chi connectivity index (χ1) is 10.5. The number of imide groups is 1. The molecule has 118 valence electrons. The number of nitrogens with one attached hydrogen (secondary N) is 2. The van der Waals surface area contributed by atoms with Gasteiger partial charge in [0.25, 0.3) is 5.91 Å². The summed E-state index contributed by atoms with van der Waals surface area (Å²) in [6.07, 6.45) is -2.33. The van der Waals surface area contributed by atoms with Crippen molar-refractivity contribution in [3.63, 3.8) is 0 Å². The second kappa shape index (κ2) is 5.68. The smallest absolute Gasteiger partial charge is 0.322 e. The number of aliphatic hydroxyl groups is 2. The Morgan fingerprint density at radius 2 is 1.95 bits per heavy atom. The minimum absolute atomic E-state index is 0.141. The Labute approximate surface area is 127 Å². The van der Waals surface area contributed by atoms with Crippen LogP contribution in [0.1, 0.15) is 12.0 Å². The van der Waals surface area contributed by atoms with Crippen molar-refractivity contribution in [3.05, 3.63) is 35.9 Å². The molecule has 1 aliphatic carbocycles. The minimum atomic E-state index is -1.45. The summed E-state index contributed by atoms with van der Waals surface area (Å²) in [6.45, 7) is 0.573. The second-order valence-corrected chi connectivity index (χ2v) is 5.78. The summed E-state index contributed by atoms with van der Waals surface area (Å²) in [4.78, 5) is 23.2. The number of carbonyl (C=O) groups excluding carboxylic acids is 2. The van der Waals surface area contributed by atoms with Gasteiger partial charge in [-0.1, -0.05) is 30.3 Å². The third-order valence-electron chi connectivity index (χ3n) is 4.31. The van der Waals surface area contributed by atoms with Crippen LogP contribution in [0.2, 0.25) is 0 Å². The van der Waals surface area contributed by atoms with Gasteiger partial charge in [-0.3, -0.25) is 10.1 Å². The van der Waals surface area contributed by atoms with E-state index in [1.807, 2.05) is 30.3 Å². The van der Waals surface area contributed by atoms with Gasteiger partial charge >= 0.3 is 6.03 Å². The van der Waals surface area contributed by atoms with E-state index in [9.17, 15) is 19.8 Å². The lowest BCUT2D eigenvalue weighted by Gasteiger charge is -2.24. The first-order valence-electron chi connectivity index (χ1n) is 7.14. The van der Waals surface area contributed by atoms with Crippen LogP contribution in [0.4, 0.5) is 4.79 Å². The normalized spacial score (nSPS) is 34.0. The predicted molar refractivity (Wildman–Crippen MR) is 75.6 cm³/mol. The zero-order valence-electron chi connectivity index (χ0n) is 11.9. The molecule has 2 unspecified atom stereocenters. The maximum atomic E-state index is 11.9. The molecule has 1 saturated heterocycles. The Morgan fingerprint density at radius 3 is 2.59 bits per heavy atom. The van der Waals surface area contributed by atoms with Crippen LogP contribution in [-0.4, -0.2) is 46.5 Å². The lowest BCUT2D eigenvalue weighted by Crippen LogP contribution is -2.55. The molecular formula is C15H18N2O5. The van der Waals surface area contributed by atoms with Crippen LogP contribution in [-0.2, 0) is 16.1 Å². The molecule has 0 aromatic heterocycles. The Hall–Kier alpha value is -1.96. The molecule has 1 saturated carbocycles. The van der Waals surface area contributed by atoms with Crippen molar-refractivity contribution in [2.75, 3.05) is 6.61 Å². The monoisotopic (exact) mass is 306 g/mol. The van der Waals surface area contributed by atoms with Crippen LogP contribution in [0, 0.1) is 5.92 Å². The number of urea groups is 1. The van der Waals surface area contributed by atoms with E-state index in [0.29, 0.717) is 6.61 Å². The Morgan fingerprint density at radius 1 is 1.23 bits per heavy atom. The van der Waals surface area contributed by atoms with Crippen molar-refractivity contribution in [3.8, 4) is 0 Å². The van der Waals surface area contributed by atoms with Gasteiger partial charge < -0.3 is 20.3 Å². The van der Waals surface area contributed by atoms with E-state index in [0.717, 1.165) is 5.56 Å². The molecule has 1 spiro atoms. The lowest BCUT2D eigenvalue weighted by atomic mass is 9.94. The van der Waals surface area contributed by atoms with Crippen LogP contribution >= 0.6 is 0 Å². The quantitative estimate of drug-likeness (QED) is 0.562. The molecule has 7 heteroatoms. The molecule has 0 radical (unpaired) electrons. The third kappa shape index (κ3) is 2.47. The summed E-state index contributed by atoms with van der Waals surface area (Å²) < 4.78 is 5.57. The Bertz CT molecular complexity index is 579. The van der Waals surface area contributed by atoms with Gasteiger partial charge in [0.15, 0.2) is 0 Å². The molecule has 1 aliphatic heterocycles. The zero-order chi connectivity index (χ0) is 15.7. The summed E-state index contributed by atoms with van der Waals surface area (Å²) in [5.74, 6) is -1.03. The molecule has 3 rings (SSSR count). The fraction of sp³-hybridized carbons (Fsp3) is 0.467. The average molecular weight is 306 g/mol. The van der Waals surface area contributed by atoms with Gasteiger partial charge in [-0.05, 0) is 12.0 Å². The van der Waals surface area contributed by atoms with E-state index in [1.54, 1.807) is 0 Å². The first-order valence-corrected chi connectivity index (χ1v) is 7.14. The highest BCUT2D eigenvalue weighted by atomic mass is 16.5. The number of amides is 3. The van der Waals surface area contributed by atoms with Crippen molar-refractivity contribution >= 4 is 11.9 Å². The van der Waals surface area contributed by atoms with Crippen molar-refractivity contribution in [1.29, 1.82) is 0 Å². The molecule has 4 N–H and O–H groups in total. The molecule has 1 aromatic carbocycles. The number of carbonyl (C=O) groups is 2. The van der Waals surface area contributed by atoms with Crippen molar-refractivity contribution in [2.45, 2.75) is 30.8 Å². The van der Waals surface area contributed by atoms with Crippen LogP contribution in [0.25, 0.3) is 0 Å². The second-order valence-electron chi connectivity index (χ2n) is 5.78. The van der Waals surface area contributed by atoms with Crippen molar-refractivity contribution in [1.82, 2.24) is 10.6 Å². The molecule has 0 bridgehead atoms. The summed E-state index contributed by atoms with van der Waals surface area (Å²) in [7, 11) is 0. The van der Waals surface area contributed by atoms with E-state index in [-0.39, 0.29) is 13.0 Å². The first kappa shape index (κ1) is 15.0. The third-order valence-corrected chi connectivity index (χ3v) is 4.31. The van der Waals surface area contributed by atoms with Crippen molar-refractivity contribution < 1.29 is 24.5 Å². The molecule has 2 fully saturated rings. The number of hydrogen-bond acceptors (Lipinski definition) is 5. The van der Waals surface area contributed by atoms with E-state index in [1.165, 1.54) is 0 Å². The standard InChI is InChI=1S/C15H18N2O5/c18-11-10(8-22-7-9-4-2-1-3-5-9)6-15(12(11)19)13(20)16-14(21)17-15/h1-5,10-12,18-19H,6-8H2,(H2,16,17,20,21)/t10-,11?,12?,15-/m1/s1. The van der Waals surface area contributed by atoms with E-state index in [4.69, 9.17) is 4.74 Å². The van der Waals surface area contributed by atoms with Gasteiger partial charge in [-0.25, -0.2) is 4.79 Å². The summed E-state index contributed by atoms with van der Waals surface area (Å²) in [5.41, 5.74) is -0.450. The number of hydrogen-bond donors (Lipinski definition) is 4. The topological polar surface area (TPSA) is 108 Å². The highest BCUT2D eigenvalue weighted by molar-refractivity contribution is 6.07. The Kier molecular flexibility index (Phi) is 3.86. The molecular weight excluding hydrogens is 288 g/mol.